The summed E-state index contributed by atoms with van der Waals surface area (Å²) in [6, 6.07) is 10.5. The van der Waals surface area contributed by atoms with Gasteiger partial charge in [-0.3, -0.25) is 0 Å². The highest BCUT2D eigenvalue weighted by molar-refractivity contribution is 9.10. The largest absolute Gasteiger partial charge is 0.309 e. The van der Waals surface area contributed by atoms with Crippen LogP contribution in [0, 0.1) is 0 Å². The molecule has 0 radical (unpaired) electrons. The summed E-state index contributed by atoms with van der Waals surface area (Å²) in [5.41, 5.74) is 1.20. The maximum Gasteiger partial charge on any atom is 0.0438 e. The third kappa shape index (κ3) is 3.82. The second-order valence-electron chi connectivity index (χ2n) is 4.27. The third-order valence-corrected chi connectivity index (χ3v) is 5.08. The zero-order chi connectivity index (χ0) is 13.0. The molecule has 0 saturated heterocycles. The molecule has 2 aromatic rings. The molecular formula is C14H15BrClNS. The lowest BCUT2D eigenvalue weighted by Crippen LogP contribution is -2.27. The lowest BCUT2D eigenvalue weighted by atomic mass is 10.1. The minimum absolute atomic E-state index is 0.402. The molecule has 1 aromatic heterocycles. The molecule has 4 heteroatoms. The highest BCUT2D eigenvalue weighted by atomic mass is 79.9. The first-order chi connectivity index (χ1) is 8.66. The summed E-state index contributed by atoms with van der Waals surface area (Å²) in [7, 11) is 0. The van der Waals surface area contributed by atoms with Crippen molar-refractivity contribution in [2.45, 2.75) is 25.9 Å². The summed E-state index contributed by atoms with van der Waals surface area (Å²) in [6.45, 7) is 3.08. The summed E-state index contributed by atoms with van der Waals surface area (Å²) in [6.07, 6.45) is 0.947. The van der Waals surface area contributed by atoms with E-state index in [9.17, 15) is 0 Å². The number of benzene rings is 1. The molecule has 18 heavy (non-hydrogen) atoms. The van der Waals surface area contributed by atoms with Crippen molar-refractivity contribution >= 4 is 38.9 Å². The van der Waals surface area contributed by atoms with Crippen LogP contribution in [0.2, 0.25) is 5.02 Å². The molecular weight excluding hydrogens is 330 g/mol. The van der Waals surface area contributed by atoms with Gasteiger partial charge in [0.15, 0.2) is 0 Å². The van der Waals surface area contributed by atoms with Crippen molar-refractivity contribution in [3.63, 3.8) is 0 Å². The molecule has 0 aliphatic rings. The van der Waals surface area contributed by atoms with Crippen LogP contribution in [0.5, 0.6) is 0 Å². The van der Waals surface area contributed by atoms with E-state index in [0.29, 0.717) is 6.04 Å². The molecule has 1 unspecified atom stereocenters. The molecule has 96 valence electrons. The van der Waals surface area contributed by atoms with Crippen LogP contribution in [0.4, 0.5) is 0 Å². The van der Waals surface area contributed by atoms with Gasteiger partial charge in [0.1, 0.15) is 0 Å². The number of hydrogen-bond donors (Lipinski definition) is 1. The standard InChI is InChI=1S/C14H15BrClNS/c1-10(8-11-4-2-3-5-13(11)16)17-9-14-12(15)6-7-18-14/h2-7,10,17H,8-9H2,1H3. The fraction of sp³-hybridized carbons (Fsp3) is 0.286. The highest BCUT2D eigenvalue weighted by Gasteiger charge is 2.07. The van der Waals surface area contributed by atoms with E-state index < -0.39 is 0 Å². The number of rotatable bonds is 5. The van der Waals surface area contributed by atoms with E-state index >= 15 is 0 Å². The number of thiophene rings is 1. The molecule has 1 N–H and O–H groups in total. The van der Waals surface area contributed by atoms with E-state index in [1.165, 1.54) is 14.9 Å². The summed E-state index contributed by atoms with van der Waals surface area (Å²) < 4.78 is 1.19. The molecule has 2 rings (SSSR count). The Morgan fingerprint density at radius 1 is 1.33 bits per heavy atom. The summed E-state index contributed by atoms with van der Waals surface area (Å²) >= 11 is 11.5. The van der Waals surface area contributed by atoms with Gasteiger partial charge in [0.05, 0.1) is 0 Å². The van der Waals surface area contributed by atoms with E-state index in [1.807, 2.05) is 18.2 Å². The highest BCUT2D eigenvalue weighted by Crippen LogP contribution is 2.22. The zero-order valence-corrected chi connectivity index (χ0v) is 13.3. The molecule has 0 amide bonds. The van der Waals surface area contributed by atoms with Crippen molar-refractivity contribution in [1.29, 1.82) is 0 Å². The minimum Gasteiger partial charge on any atom is -0.309 e. The van der Waals surface area contributed by atoms with Crippen LogP contribution < -0.4 is 5.32 Å². The summed E-state index contributed by atoms with van der Waals surface area (Å²) in [5, 5.41) is 6.47. The van der Waals surface area contributed by atoms with Gasteiger partial charge in [-0.2, -0.15) is 0 Å². The van der Waals surface area contributed by atoms with Crippen LogP contribution in [0.25, 0.3) is 0 Å². The Kier molecular flexibility index (Phi) is 5.25. The average Bonchev–Trinajstić information content (AvgIpc) is 2.75. The van der Waals surface area contributed by atoms with Crippen molar-refractivity contribution in [3.8, 4) is 0 Å². The van der Waals surface area contributed by atoms with Crippen molar-refractivity contribution in [2.24, 2.45) is 0 Å². The smallest absolute Gasteiger partial charge is 0.0438 e. The van der Waals surface area contributed by atoms with E-state index in [1.54, 1.807) is 11.3 Å². The predicted octanol–water partition coefficient (Wildman–Crippen LogP) is 4.88. The van der Waals surface area contributed by atoms with Crippen LogP contribution in [-0.2, 0) is 13.0 Å². The summed E-state index contributed by atoms with van der Waals surface area (Å²) in [5.74, 6) is 0. The molecule has 0 saturated carbocycles. The van der Waals surface area contributed by atoms with E-state index in [2.05, 4.69) is 45.7 Å². The normalized spacial score (nSPS) is 12.6. The predicted molar refractivity (Wildman–Crippen MR) is 83.5 cm³/mol. The first-order valence-electron chi connectivity index (χ1n) is 5.85. The monoisotopic (exact) mass is 343 g/mol. The van der Waals surface area contributed by atoms with Gasteiger partial charge in [0, 0.05) is 27.0 Å². The first-order valence-corrected chi connectivity index (χ1v) is 7.90. The lowest BCUT2D eigenvalue weighted by molar-refractivity contribution is 0.548. The maximum absolute atomic E-state index is 6.16. The maximum atomic E-state index is 6.16. The van der Waals surface area contributed by atoms with Crippen LogP contribution in [0.15, 0.2) is 40.2 Å². The Morgan fingerprint density at radius 3 is 2.78 bits per heavy atom. The van der Waals surface area contributed by atoms with Crippen molar-refractivity contribution in [1.82, 2.24) is 5.32 Å². The van der Waals surface area contributed by atoms with E-state index in [0.717, 1.165) is 18.0 Å². The van der Waals surface area contributed by atoms with Gasteiger partial charge in [0.2, 0.25) is 0 Å². The molecule has 0 aliphatic heterocycles. The number of halogens is 2. The molecule has 0 spiro atoms. The Hall–Kier alpha value is -0.350. The van der Waals surface area contributed by atoms with Crippen molar-refractivity contribution in [3.05, 3.63) is 55.6 Å². The second-order valence-corrected chi connectivity index (χ2v) is 6.53. The van der Waals surface area contributed by atoms with Gasteiger partial charge in [-0.1, -0.05) is 29.8 Å². The second kappa shape index (κ2) is 6.71. The summed E-state index contributed by atoms with van der Waals surface area (Å²) in [4.78, 5) is 1.33. The van der Waals surface area contributed by atoms with Gasteiger partial charge in [-0.25, -0.2) is 0 Å². The molecule has 0 fully saturated rings. The van der Waals surface area contributed by atoms with Gasteiger partial charge < -0.3 is 5.32 Å². The quantitative estimate of drug-likeness (QED) is 0.814. The third-order valence-electron chi connectivity index (χ3n) is 2.79. The Balaban J connectivity index is 1.88. The van der Waals surface area contributed by atoms with Gasteiger partial charge in [0.25, 0.3) is 0 Å². The van der Waals surface area contributed by atoms with E-state index in [-0.39, 0.29) is 0 Å². The fourth-order valence-corrected chi connectivity index (χ4v) is 3.44. The van der Waals surface area contributed by atoms with Crippen LogP contribution in [0.1, 0.15) is 17.4 Å². The fourth-order valence-electron chi connectivity index (χ4n) is 1.78. The van der Waals surface area contributed by atoms with Gasteiger partial charge >= 0.3 is 0 Å². The SMILES string of the molecule is CC(Cc1ccccc1Cl)NCc1sccc1Br. The number of hydrogen-bond acceptors (Lipinski definition) is 2. The van der Waals surface area contributed by atoms with Crippen LogP contribution in [-0.4, -0.2) is 6.04 Å². The lowest BCUT2D eigenvalue weighted by Gasteiger charge is -2.14. The molecule has 0 bridgehead atoms. The first kappa shape index (κ1) is 14.1. The topological polar surface area (TPSA) is 12.0 Å². The molecule has 1 nitrogen and oxygen atoms in total. The molecule has 1 aromatic carbocycles. The Bertz CT molecular complexity index is 512. The molecule has 0 aliphatic carbocycles. The molecule has 1 atom stereocenters. The van der Waals surface area contributed by atoms with Crippen LogP contribution >= 0.6 is 38.9 Å². The minimum atomic E-state index is 0.402. The zero-order valence-electron chi connectivity index (χ0n) is 10.1. The molecule has 1 heterocycles. The van der Waals surface area contributed by atoms with Gasteiger partial charge in [-0.05, 0) is 52.4 Å². The van der Waals surface area contributed by atoms with Gasteiger partial charge in [-0.15, -0.1) is 11.3 Å². The number of nitrogens with one attached hydrogen (secondary N) is 1. The average molecular weight is 345 g/mol. The van der Waals surface area contributed by atoms with Crippen LogP contribution in [0.3, 0.4) is 0 Å². The van der Waals surface area contributed by atoms with Crippen molar-refractivity contribution in [2.75, 3.05) is 0 Å². The Labute approximate surface area is 125 Å². The van der Waals surface area contributed by atoms with Crippen molar-refractivity contribution < 1.29 is 0 Å². The van der Waals surface area contributed by atoms with E-state index in [4.69, 9.17) is 11.6 Å². The Morgan fingerprint density at radius 2 is 2.11 bits per heavy atom.